The summed E-state index contributed by atoms with van der Waals surface area (Å²) in [5.74, 6) is 0.288. The van der Waals surface area contributed by atoms with Crippen molar-refractivity contribution in [2.45, 2.75) is 68.7 Å². The molecule has 1 heterocycles. The lowest BCUT2D eigenvalue weighted by molar-refractivity contribution is -0.116. The van der Waals surface area contributed by atoms with E-state index in [9.17, 15) is 4.79 Å². The third-order valence-corrected chi connectivity index (χ3v) is 2.82. The summed E-state index contributed by atoms with van der Waals surface area (Å²) in [5, 5.41) is 12.8. The van der Waals surface area contributed by atoms with Gasteiger partial charge in [-0.1, -0.05) is 85.9 Å². The van der Waals surface area contributed by atoms with Crippen LogP contribution in [0.4, 0.5) is 5.95 Å². The number of amides is 1. The van der Waals surface area contributed by atoms with Crippen LogP contribution in [-0.2, 0) is 4.79 Å². The molecule has 0 spiro atoms. The molecule has 1 aromatic heterocycles. The fraction of sp³-hybridized carbons (Fsp3) is 0.393. The van der Waals surface area contributed by atoms with Crippen molar-refractivity contribution >= 4 is 11.9 Å². The van der Waals surface area contributed by atoms with Crippen molar-refractivity contribution in [3.63, 3.8) is 0 Å². The minimum atomic E-state index is -0.178. The number of hydrogen-bond acceptors (Lipinski definition) is 5. The fourth-order valence-electron chi connectivity index (χ4n) is 1.55. The normalized spacial score (nSPS) is 9.56. The van der Waals surface area contributed by atoms with Gasteiger partial charge in [-0.05, 0) is 38.5 Å². The van der Waals surface area contributed by atoms with E-state index in [1.165, 1.54) is 0 Å². The van der Waals surface area contributed by atoms with E-state index < -0.39 is 0 Å². The van der Waals surface area contributed by atoms with E-state index >= 15 is 0 Å². The van der Waals surface area contributed by atoms with Gasteiger partial charge in [0.25, 0.3) is 5.91 Å². The van der Waals surface area contributed by atoms with Gasteiger partial charge >= 0.3 is 0 Å². The largest absolute Gasteiger partial charge is 0.400 e. The summed E-state index contributed by atoms with van der Waals surface area (Å²) < 4.78 is 0. The number of nitrogens with one attached hydrogen (secondary N) is 2. The molecule has 0 aliphatic rings. The minimum absolute atomic E-state index is 0.178. The van der Waals surface area contributed by atoms with Crippen molar-refractivity contribution < 1.29 is 9.90 Å². The van der Waals surface area contributed by atoms with Crippen molar-refractivity contribution in [1.29, 1.82) is 0 Å². The highest BCUT2D eigenvalue weighted by atomic mass is 16.2. The number of rotatable bonds is 8. The summed E-state index contributed by atoms with van der Waals surface area (Å²) in [6.07, 6.45) is 14.6. The smallest absolute Gasteiger partial charge is 0.251 e. The predicted molar refractivity (Wildman–Crippen MR) is 152 cm³/mol. The van der Waals surface area contributed by atoms with Gasteiger partial charge in [0.15, 0.2) is 0 Å². The number of hydrogen-bond donors (Lipinski definition) is 3. The minimum Gasteiger partial charge on any atom is -0.400 e. The Hall–Kier alpha value is -3.25. The van der Waals surface area contributed by atoms with Crippen LogP contribution in [-0.4, -0.2) is 28.1 Å². The molecule has 1 amide bonds. The van der Waals surface area contributed by atoms with E-state index in [1.807, 2.05) is 47.6 Å². The lowest BCUT2D eigenvalue weighted by Crippen LogP contribution is -2.22. The van der Waals surface area contributed by atoms with Crippen LogP contribution >= 0.6 is 0 Å². The number of anilines is 1. The molecule has 0 bridgehead atoms. The SMILES string of the molecule is C=C/C=C(\C=C(/C)NC(=O)/C(C)=C/C=C)Nc1ncccn1.C=CCC.CC.CC.CC.CO. The first-order valence-corrected chi connectivity index (χ1v) is 11.7. The van der Waals surface area contributed by atoms with Crippen LogP contribution in [0.3, 0.4) is 0 Å². The number of aromatic nitrogens is 2. The molecular weight excluding hydrogens is 424 g/mol. The van der Waals surface area contributed by atoms with Gasteiger partial charge in [-0.3, -0.25) is 4.79 Å². The molecule has 0 atom stereocenters. The highest BCUT2D eigenvalue weighted by molar-refractivity contribution is 5.94. The first kappa shape index (κ1) is 41.0. The number of carbonyl (C=O) groups excluding carboxylic acids is 1. The molecule has 1 rings (SSSR count). The van der Waals surface area contributed by atoms with Crippen LogP contribution in [0, 0.1) is 0 Å². The van der Waals surface area contributed by atoms with Crippen molar-refractivity contribution in [2.75, 3.05) is 12.4 Å². The number of aliphatic hydroxyl groups is 1. The predicted octanol–water partition coefficient (Wildman–Crippen LogP) is 7.38. The third-order valence-electron chi connectivity index (χ3n) is 2.82. The Kier molecular flexibility index (Phi) is 44.8. The van der Waals surface area contributed by atoms with E-state index in [0.29, 0.717) is 22.9 Å². The van der Waals surface area contributed by atoms with Crippen LogP contribution < -0.4 is 10.6 Å². The van der Waals surface area contributed by atoms with Gasteiger partial charge in [0, 0.05) is 36.5 Å². The van der Waals surface area contributed by atoms with Gasteiger partial charge in [-0.25, -0.2) is 9.97 Å². The van der Waals surface area contributed by atoms with E-state index in [4.69, 9.17) is 5.11 Å². The second kappa shape index (κ2) is 37.1. The first-order chi connectivity index (χ1) is 16.5. The average Bonchev–Trinajstić information content (AvgIpc) is 2.89. The molecule has 0 aliphatic heterocycles. The zero-order valence-electron chi connectivity index (χ0n) is 23.3. The van der Waals surface area contributed by atoms with Gasteiger partial charge in [-0.2, -0.15) is 0 Å². The molecule has 0 aromatic carbocycles. The summed E-state index contributed by atoms with van der Waals surface area (Å²) in [4.78, 5) is 20.1. The molecule has 0 fully saturated rings. The molecule has 6 nitrogen and oxygen atoms in total. The van der Waals surface area contributed by atoms with E-state index in [1.54, 1.807) is 62.7 Å². The molecule has 1 aromatic rings. The third kappa shape index (κ3) is 28.8. The standard InChI is InChI=1S/C17H20N4O.C4H8.3C2H6.CH4O/c1-5-8-13(3)16(22)20-14(4)12-15(9-6-2)21-17-18-10-7-11-19-17;1-3-4-2;4*1-2/h5-12H,1-2H2,3-4H3,(H,20,22)(H,18,19,21);3H,1,4H2,2H3;3*1-2H3;2H,1H3/b13-8+,14-12+,15-9+;;;;;. The molecule has 0 aliphatic carbocycles. The molecule has 3 N–H and O–H groups in total. The molecule has 194 valence electrons. The number of carbonyl (C=O) groups is 1. The lowest BCUT2D eigenvalue weighted by Gasteiger charge is -2.08. The highest BCUT2D eigenvalue weighted by Crippen LogP contribution is 2.06. The number of allylic oxidation sites excluding steroid dienone is 7. The first-order valence-electron chi connectivity index (χ1n) is 11.7. The van der Waals surface area contributed by atoms with Crippen molar-refractivity contribution in [2.24, 2.45) is 0 Å². The number of nitrogens with zero attached hydrogens (tertiary/aromatic N) is 2. The lowest BCUT2D eigenvalue weighted by atomic mass is 10.2. The Morgan fingerprint density at radius 1 is 0.941 bits per heavy atom. The van der Waals surface area contributed by atoms with E-state index in [2.05, 4.69) is 47.3 Å². The Labute approximate surface area is 210 Å². The Morgan fingerprint density at radius 2 is 1.38 bits per heavy atom. The molecule has 0 saturated heterocycles. The van der Waals surface area contributed by atoms with Gasteiger partial charge in [0.2, 0.25) is 5.95 Å². The van der Waals surface area contributed by atoms with Gasteiger partial charge in [0.05, 0.1) is 0 Å². The maximum atomic E-state index is 11.9. The number of aliphatic hydroxyl groups excluding tert-OH is 1. The van der Waals surface area contributed by atoms with Crippen LogP contribution in [0.5, 0.6) is 0 Å². The van der Waals surface area contributed by atoms with Gasteiger partial charge in [0.1, 0.15) is 0 Å². The van der Waals surface area contributed by atoms with Crippen LogP contribution in [0.2, 0.25) is 0 Å². The van der Waals surface area contributed by atoms with Gasteiger partial charge in [-0.15, -0.1) is 6.58 Å². The summed E-state index contributed by atoms with van der Waals surface area (Å²) in [5.41, 5.74) is 1.97. The summed E-state index contributed by atoms with van der Waals surface area (Å²) >= 11 is 0. The molecule has 0 unspecified atom stereocenters. The zero-order valence-corrected chi connectivity index (χ0v) is 23.3. The second-order valence-electron chi connectivity index (χ2n) is 5.12. The topological polar surface area (TPSA) is 87.1 Å². The van der Waals surface area contributed by atoms with E-state index in [0.717, 1.165) is 13.5 Å². The fourth-order valence-corrected chi connectivity index (χ4v) is 1.55. The monoisotopic (exact) mass is 474 g/mol. The van der Waals surface area contributed by atoms with Crippen LogP contribution in [0.1, 0.15) is 68.7 Å². The van der Waals surface area contributed by atoms with Gasteiger partial charge < -0.3 is 15.7 Å². The quantitative estimate of drug-likeness (QED) is 0.208. The maximum absolute atomic E-state index is 11.9. The summed E-state index contributed by atoms with van der Waals surface area (Å²) in [6.45, 7) is 28.3. The molecule has 34 heavy (non-hydrogen) atoms. The Balaban J connectivity index is -0.000000199. The maximum Gasteiger partial charge on any atom is 0.251 e. The van der Waals surface area contributed by atoms with Crippen molar-refractivity contribution in [3.05, 3.63) is 91.6 Å². The molecule has 0 radical (unpaired) electrons. The van der Waals surface area contributed by atoms with Crippen LogP contribution in [0.25, 0.3) is 0 Å². The summed E-state index contributed by atoms with van der Waals surface area (Å²) in [7, 11) is 1.00. The van der Waals surface area contributed by atoms with E-state index in [-0.39, 0.29) is 5.91 Å². The molecule has 0 saturated carbocycles. The zero-order chi connectivity index (χ0) is 27.8. The van der Waals surface area contributed by atoms with Crippen molar-refractivity contribution in [1.82, 2.24) is 15.3 Å². The van der Waals surface area contributed by atoms with Crippen LogP contribution in [0.15, 0.2) is 91.6 Å². The summed E-state index contributed by atoms with van der Waals surface area (Å²) in [6, 6.07) is 1.73. The average molecular weight is 475 g/mol. The molecule has 6 heteroatoms. The second-order valence-corrected chi connectivity index (χ2v) is 5.12. The van der Waals surface area contributed by atoms with Crippen molar-refractivity contribution in [3.8, 4) is 0 Å². The highest BCUT2D eigenvalue weighted by Gasteiger charge is 2.04. The Morgan fingerprint density at radius 3 is 1.76 bits per heavy atom. The molecular formula is C28H50N4O2. The Bertz CT molecular complexity index is 692.